The Morgan fingerprint density at radius 3 is 2.42 bits per heavy atom. The third kappa shape index (κ3) is 4.26. The number of amides is 2. The van der Waals surface area contributed by atoms with E-state index in [2.05, 4.69) is 5.32 Å². The van der Waals surface area contributed by atoms with E-state index < -0.39 is 63.0 Å². The number of carbonyl (C=O) groups is 2. The van der Waals surface area contributed by atoms with Crippen molar-refractivity contribution < 1.29 is 26.8 Å². The Morgan fingerprint density at radius 1 is 1.11 bits per heavy atom. The highest BCUT2D eigenvalue weighted by molar-refractivity contribution is 7.93. The van der Waals surface area contributed by atoms with E-state index in [0.717, 1.165) is 17.0 Å². The van der Waals surface area contributed by atoms with Crippen LogP contribution < -0.4 is 11.1 Å². The van der Waals surface area contributed by atoms with Crippen LogP contribution in [0.1, 0.15) is 19.4 Å². The minimum atomic E-state index is -4.50. The summed E-state index contributed by atoms with van der Waals surface area (Å²) in [6.45, 7) is 2.82. The van der Waals surface area contributed by atoms with Crippen molar-refractivity contribution in [1.82, 2.24) is 15.1 Å². The number of nitrogens with one attached hydrogen (secondary N) is 1. The lowest BCUT2D eigenvalue weighted by molar-refractivity contribution is -0.166. The Bertz CT molecular complexity index is 1340. The molecule has 8 nitrogen and oxygen atoms in total. The van der Waals surface area contributed by atoms with Crippen LogP contribution in [0.4, 0.5) is 8.78 Å². The quantitative estimate of drug-likeness (QED) is 0.580. The lowest BCUT2D eigenvalue weighted by Gasteiger charge is -2.56. The smallest absolute Gasteiger partial charge is 0.246 e. The molecule has 0 aromatic heterocycles. The molecule has 3 unspecified atom stereocenters. The second-order valence-corrected chi connectivity index (χ2v) is 12.1. The van der Waals surface area contributed by atoms with Gasteiger partial charge in [0.25, 0.3) is 0 Å². The Balaban J connectivity index is 1.93. The molecule has 0 saturated carbocycles. The number of sulfone groups is 1. The number of hydrogen-bond donors (Lipinski definition) is 2. The van der Waals surface area contributed by atoms with Crippen molar-refractivity contribution >= 4 is 44.9 Å². The Labute approximate surface area is 217 Å². The zero-order valence-corrected chi connectivity index (χ0v) is 21.7. The number of fused-ring (bicyclic) bond motifs is 1. The van der Waals surface area contributed by atoms with E-state index in [1.165, 1.54) is 29.2 Å². The van der Waals surface area contributed by atoms with Crippen LogP contribution >= 0.6 is 23.2 Å². The van der Waals surface area contributed by atoms with Gasteiger partial charge in [-0.25, -0.2) is 17.2 Å². The van der Waals surface area contributed by atoms with Crippen molar-refractivity contribution in [1.29, 1.82) is 0 Å². The summed E-state index contributed by atoms with van der Waals surface area (Å²) in [5.41, 5.74) is 6.18. The maximum absolute atomic E-state index is 14.2. The molecular formula is C23H24Cl2F2N4O4S. The molecule has 194 valence electrons. The van der Waals surface area contributed by atoms with Crippen LogP contribution in [0.25, 0.3) is 0 Å². The summed E-state index contributed by atoms with van der Waals surface area (Å²) < 4.78 is 56.0. The van der Waals surface area contributed by atoms with Crippen molar-refractivity contribution in [3.8, 4) is 0 Å². The van der Waals surface area contributed by atoms with Crippen LogP contribution in [0.15, 0.2) is 41.3 Å². The fourth-order valence-corrected chi connectivity index (χ4v) is 7.34. The monoisotopic (exact) mass is 560 g/mol. The van der Waals surface area contributed by atoms with Gasteiger partial charge in [-0.05, 0) is 49.7 Å². The van der Waals surface area contributed by atoms with Crippen LogP contribution in [0.5, 0.6) is 0 Å². The highest BCUT2D eigenvalue weighted by Gasteiger charge is 2.63. The van der Waals surface area contributed by atoms with E-state index in [0.29, 0.717) is 0 Å². The van der Waals surface area contributed by atoms with Crippen molar-refractivity contribution in [3.63, 3.8) is 0 Å². The van der Waals surface area contributed by atoms with E-state index in [1.807, 2.05) is 0 Å². The van der Waals surface area contributed by atoms with Crippen LogP contribution in [0.3, 0.4) is 0 Å². The maximum atomic E-state index is 14.2. The van der Waals surface area contributed by atoms with Crippen molar-refractivity contribution in [2.75, 3.05) is 13.1 Å². The molecule has 2 aromatic rings. The molecule has 0 bridgehead atoms. The van der Waals surface area contributed by atoms with Gasteiger partial charge >= 0.3 is 0 Å². The first-order valence-corrected chi connectivity index (χ1v) is 13.3. The van der Waals surface area contributed by atoms with E-state index in [4.69, 9.17) is 28.9 Å². The third-order valence-corrected chi connectivity index (χ3v) is 9.43. The predicted molar refractivity (Wildman–Crippen MR) is 130 cm³/mol. The Morgan fingerprint density at radius 2 is 1.81 bits per heavy atom. The average Bonchev–Trinajstić information content (AvgIpc) is 2.79. The molecule has 3 N–H and O–H groups in total. The van der Waals surface area contributed by atoms with Crippen molar-refractivity contribution in [2.45, 2.75) is 48.3 Å². The average molecular weight is 561 g/mol. The number of nitrogens with zero attached hydrogens (tertiary/aromatic N) is 2. The van der Waals surface area contributed by atoms with Gasteiger partial charge in [0.05, 0.1) is 22.5 Å². The predicted octanol–water partition coefficient (Wildman–Crippen LogP) is 2.32. The summed E-state index contributed by atoms with van der Waals surface area (Å²) in [6, 6.07) is 3.96. The molecular weight excluding hydrogens is 537 g/mol. The molecule has 0 spiro atoms. The molecule has 2 amide bonds. The number of benzene rings is 2. The molecule has 2 fully saturated rings. The first-order chi connectivity index (χ1) is 16.8. The minimum absolute atomic E-state index is 0.161. The van der Waals surface area contributed by atoms with Gasteiger partial charge in [-0.15, -0.1) is 0 Å². The van der Waals surface area contributed by atoms with E-state index in [1.54, 1.807) is 13.8 Å². The lowest BCUT2D eigenvalue weighted by Crippen LogP contribution is -2.83. The van der Waals surface area contributed by atoms with Gasteiger partial charge in [0.1, 0.15) is 6.04 Å². The number of rotatable bonds is 5. The van der Waals surface area contributed by atoms with Crippen LogP contribution in [-0.2, 0) is 25.8 Å². The zero-order chi connectivity index (χ0) is 26.6. The Kier molecular flexibility index (Phi) is 7.08. The molecule has 0 radical (unpaired) electrons. The molecule has 2 aliphatic heterocycles. The third-order valence-electron chi connectivity index (χ3n) is 6.47. The molecule has 2 heterocycles. The first-order valence-electron chi connectivity index (χ1n) is 11.1. The number of piperazine rings is 1. The SMILES string of the molecule is CC(C)N1CC2(S(=O)(=O)c3ccc(Cl)cc3Cl)NCC(N)C(=O)N2C(Cc2ccc(F)c(F)c2)C1=O. The van der Waals surface area contributed by atoms with Gasteiger partial charge in [-0.2, -0.15) is 0 Å². The van der Waals surface area contributed by atoms with Crippen LogP contribution in [-0.4, -0.2) is 66.2 Å². The summed E-state index contributed by atoms with van der Waals surface area (Å²) in [7, 11) is -4.50. The molecule has 2 aliphatic rings. The molecule has 3 atom stereocenters. The standard InChI is InChI=1S/C23H24Cl2F2N4O4S/c1-12(2)30-11-23(36(34,35)20-6-4-14(24)9-15(20)25)29-10-18(28)21(32)31(23)19(22(30)33)8-13-3-5-16(26)17(27)7-13/h3-7,9,12,18-19,29H,8,10-11,28H2,1-2H3. The van der Waals surface area contributed by atoms with Crippen LogP contribution in [0.2, 0.25) is 10.0 Å². The number of carbonyl (C=O) groups excluding carboxylic acids is 2. The second-order valence-electron chi connectivity index (χ2n) is 9.09. The number of hydrogen-bond acceptors (Lipinski definition) is 6. The van der Waals surface area contributed by atoms with E-state index in [-0.39, 0.29) is 33.5 Å². The topological polar surface area (TPSA) is 113 Å². The Hall–Kier alpha value is -2.31. The van der Waals surface area contributed by atoms with Gasteiger partial charge < -0.3 is 10.6 Å². The second kappa shape index (κ2) is 9.53. The lowest BCUT2D eigenvalue weighted by atomic mass is 9.96. The summed E-state index contributed by atoms with van der Waals surface area (Å²) in [5, 5.41) is 2.96. The molecule has 36 heavy (non-hydrogen) atoms. The molecule has 2 saturated heterocycles. The van der Waals surface area contributed by atoms with Gasteiger partial charge in [-0.3, -0.25) is 19.8 Å². The highest BCUT2D eigenvalue weighted by Crippen LogP contribution is 2.40. The summed E-state index contributed by atoms with van der Waals surface area (Å²) >= 11 is 12.2. The van der Waals surface area contributed by atoms with Gasteiger partial charge in [-0.1, -0.05) is 29.3 Å². The van der Waals surface area contributed by atoms with Gasteiger partial charge in [0.15, 0.2) is 11.6 Å². The van der Waals surface area contributed by atoms with E-state index >= 15 is 0 Å². The number of nitrogens with two attached hydrogens (primary N) is 1. The zero-order valence-electron chi connectivity index (χ0n) is 19.3. The fourth-order valence-electron chi connectivity index (χ4n) is 4.64. The molecule has 2 aromatic carbocycles. The molecule has 4 rings (SSSR count). The van der Waals surface area contributed by atoms with Gasteiger partial charge in [0.2, 0.25) is 26.6 Å². The van der Waals surface area contributed by atoms with Gasteiger partial charge in [0, 0.05) is 24.0 Å². The van der Waals surface area contributed by atoms with Crippen LogP contribution in [0, 0.1) is 11.6 Å². The fraction of sp³-hybridized carbons (Fsp3) is 0.391. The van der Waals surface area contributed by atoms with E-state index in [9.17, 15) is 26.8 Å². The highest BCUT2D eigenvalue weighted by atomic mass is 35.5. The summed E-state index contributed by atoms with van der Waals surface area (Å²) in [6.07, 6.45) is -0.273. The summed E-state index contributed by atoms with van der Waals surface area (Å²) in [4.78, 5) is 26.9. The van der Waals surface area contributed by atoms with Crippen molar-refractivity contribution in [2.24, 2.45) is 5.73 Å². The maximum Gasteiger partial charge on any atom is 0.246 e. The minimum Gasteiger partial charge on any atom is -0.334 e. The molecule has 0 aliphatic carbocycles. The van der Waals surface area contributed by atoms with Crippen molar-refractivity contribution in [3.05, 3.63) is 63.6 Å². The normalized spacial score (nSPS) is 24.9. The largest absolute Gasteiger partial charge is 0.334 e. The number of halogens is 4. The molecule has 13 heteroatoms. The summed E-state index contributed by atoms with van der Waals surface area (Å²) in [5.74, 6) is -3.54. The first kappa shape index (κ1) is 26.7.